The van der Waals surface area contributed by atoms with Crippen molar-refractivity contribution in [3.63, 3.8) is 0 Å². The Hall–Kier alpha value is -1.31. The van der Waals surface area contributed by atoms with Gasteiger partial charge in [0.05, 0.1) is 5.84 Å². The molecule has 1 unspecified atom stereocenters. The van der Waals surface area contributed by atoms with Crippen LogP contribution >= 0.6 is 11.9 Å². The molecule has 1 saturated heterocycles. The normalized spacial score (nSPS) is 19.2. The van der Waals surface area contributed by atoms with Gasteiger partial charge in [0.2, 0.25) is 0 Å². The van der Waals surface area contributed by atoms with Crippen LogP contribution < -0.4 is 15.4 Å². The van der Waals surface area contributed by atoms with Gasteiger partial charge in [-0.05, 0) is 64.4 Å². The molecule has 0 bridgehead atoms. The molecule has 0 amide bonds. The van der Waals surface area contributed by atoms with Crippen LogP contribution in [0.5, 0.6) is 0 Å². The van der Waals surface area contributed by atoms with Crippen LogP contribution in [-0.4, -0.2) is 54.0 Å². The number of pyridine rings is 1. The summed E-state index contributed by atoms with van der Waals surface area (Å²) in [4.78, 5) is 6.78. The highest BCUT2D eigenvalue weighted by atomic mass is 32.2. The van der Waals surface area contributed by atoms with Gasteiger partial charge in [-0.25, -0.2) is 4.98 Å². The molecule has 0 saturated carbocycles. The number of amidine groups is 1. The zero-order valence-corrected chi connectivity index (χ0v) is 16.7. The summed E-state index contributed by atoms with van der Waals surface area (Å²) in [7, 11) is 1.89. The Bertz CT molecular complexity index is 562. The van der Waals surface area contributed by atoms with E-state index in [1.165, 1.54) is 11.9 Å². The van der Waals surface area contributed by atoms with Gasteiger partial charge in [-0.3, -0.25) is 10.1 Å². The minimum atomic E-state index is 0.0817. The van der Waals surface area contributed by atoms with Crippen molar-refractivity contribution in [2.24, 2.45) is 0 Å². The second-order valence-electron chi connectivity index (χ2n) is 7.03. The number of aromatic nitrogens is 1. The van der Waals surface area contributed by atoms with Crippen LogP contribution in [0.1, 0.15) is 40.0 Å². The average molecular weight is 365 g/mol. The van der Waals surface area contributed by atoms with E-state index in [1.807, 2.05) is 25.2 Å². The third-order valence-corrected chi connectivity index (χ3v) is 5.20. The molecule has 1 aliphatic heterocycles. The molecule has 2 rings (SSSR count). The van der Waals surface area contributed by atoms with E-state index in [9.17, 15) is 0 Å². The van der Waals surface area contributed by atoms with Crippen molar-refractivity contribution in [1.29, 1.82) is 5.41 Å². The molecule has 0 aromatic carbocycles. The van der Waals surface area contributed by atoms with Gasteiger partial charge < -0.3 is 15.5 Å². The van der Waals surface area contributed by atoms with Crippen molar-refractivity contribution < 1.29 is 0 Å². The molecule has 1 aromatic heterocycles. The van der Waals surface area contributed by atoms with Crippen molar-refractivity contribution >= 4 is 23.6 Å². The third kappa shape index (κ3) is 5.87. The molecule has 0 aliphatic carbocycles. The van der Waals surface area contributed by atoms with Crippen molar-refractivity contribution in [1.82, 2.24) is 19.9 Å². The average Bonchev–Trinajstić information content (AvgIpc) is 2.89. The maximum absolute atomic E-state index is 8.14. The standard InChI is InChI=1S/C18H32N6S/c1-5-15(19)24-13-14(12-18(24,2)3)21-10-7-11-22-16-8-6-9-17(23-16)25-20-4/h6,8-9,14,19-21H,5,7,10-13H2,1-4H3,(H,22,23). The van der Waals surface area contributed by atoms with Crippen molar-refractivity contribution in [3.8, 4) is 0 Å². The predicted molar refractivity (Wildman–Crippen MR) is 107 cm³/mol. The Labute approximate surface area is 156 Å². The molecule has 6 nitrogen and oxygen atoms in total. The fourth-order valence-electron chi connectivity index (χ4n) is 3.33. The fourth-order valence-corrected chi connectivity index (χ4v) is 3.83. The highest BCUT2D eigenvalue weighted by molar-refractivity contribution is 7.97. The van der Waals surface area contributed by atoms with E-state index < -0.39 is 0 Å². The number of hydrogen-bond donors (Lipinski definition) is 4. The van der Waals surface area contributed by atoms with Gasteiger partial charge in [-0.1, -0.05) is 13.0 Å². The summed E-state index contributed by atoms with van der Waals surface area (Å²) in [6.45, 7) is 9.36. The number of hydrogen-bond acceptors (Lipinski definition) is 6. The highest BCUT2D eigenvalue weighted by Crippen LogP contribution is 2.29. The van der Waals surface area contributed by atoms with Crippen LogP contribution in [-0.2, 0) is 0 Å². The van der Waals surface area contributed by atoms with Gasteiger partial charge >= 0.3 is 0 Å². The summed E-state index contributed by atoms with van der Waals surface area (Å²) in [5.41, 5.74) is 0.0817. The SMILES string of the molecule is CCC(=N)N1CC(NCCCNc2cccc(SNC)n2)CC1(C)C. The predicted octanol–water partition coefficient (Wildman–Crippen LogP) is 2.94. The molecular weight excluding hydrogens is 332 g/mol. The molecule has 1 fully saturated rings. The number of nitrogens with one attached hydrogen (secondary N) is 4. The number of likely N-dealkylation sites (tertiary alicyclic amines) is 1. The summed E-state index contributed by atoms with van der Waals surface area (Å²) < 4.78 is 3.04. The number of rotatable bonds is 9. The van der Waals surface area contributed by atoms with Crippen LogP contribution in [0.3, 0.4) is 0 Å². The quantitative estimate of drug-likeness (QED) is 0.234. The summed E-state index contributed by atoms with van der Waals surface area (Å²) in [5, 5.41) is 16.1. The Morgan fingerprint density at radius 3 is 2.92 bits per heavy atom. The zero-order chi connectivity index (χ0) is 18.3. The molecular formula is C18H32N6S. The summed E-state index contributed by atoms with van der Waals surface area (Å²) in [6, 6.07) is 6.48. The summed E-state index contributed by atoms with van der Waals surface area (Å²) in [5.74, 6) is 1.67. The first-order chi connectivity index (χ1) is 12.0. The van der Waals surface area contributed by atoms with Gasteiger partial charge in [-0.2, -0.15) is 0 Å². The minimum absolute atomic E-state index is 0.0817. The van der Waals surface area contributed by atoms with Crippen LogP contribution in [0.4, 0.5) is 5.82 Å². The van der Waals surface area contributed by atoms with E-state index in [-0.39, 0.29) is 5.54 Å². The lowest BCUT2D eigenvalue weighted by molar-refractivity contribution is 0.276. The van der Waals surface area contributed by atoms with Gasteiger partial charge in [0, 0.05) is 31.1 Å². The minimum Gasteiger partial charge on any atom is -0.370 e. The maximum Gasteiger partial charge on any atom is 0.127 e. The molecule has 140 valence electrons. The molecule has 1 aliphatic rings. The van der Waals surface area contributed by atoms with E-state index >= 15 is 0 Å². The van der Waals surface area contributed by atoms with Gasteiger partial charge in [0.25, 0.3) is 0 Å². The first kappa shape index (κ1) is 20.0. The fraction of sp³-hybridized carbons (Fsp3) is 0.667. The van der Waals surface area contributed by atoms with Crippen LogP contribution in [0.2, 0.25) is 0 Å². The van der Waals surface area contributed by atoms with Crippen molar-refractivity contribution in [2.75, 3.05) is 32.0 Å². The lowest BCUT2D eigenvalue weighted by atomic mass is 10.00. The van der Waals surface area contributed by atoms with Crippen LogP contribution in [0.25, 0.3) is 0 Å². The summed E-state index contributed by atoms with van der Waals surface area (Å²) in [6.07, 6.45) is 2.94. The van der Waals surface area contributed by atoms with Crippen LogP contribution in [0.15, 0.2) is 23.2 Å². The number of nitrogens with zero attached hydrogens (tertiary/aromatic N) is 2. The second kappa shape index (κ2) is 9.40. The molecule has 4 N–H and O–H groups in total. The smallest absolute Gasteiger partial charge is 0.127 e. The topological polar surface area (TPSA) is 76.1 Å². The monoisotopic (exact) mass is 364 g/mol. The Morgan fingerprint density at radius 2 is 2.20 bits per heavy atom. The van der Waals surface area contributed by atoms with E-state index in [0.717, 1.165) is 55.6 Å². The molecule has 0 spiro atoms. The van der Waals surface area contributed by atoms with E-state index in [4.69, 9.17) is 5.41 Å². The molecule has 1 aromatic rings. The lowest BCUT2D eigenvalue weighted by Gasteiger charge is -2.33. The molecule has 2 heterocycles. The van der Waals surface area contributed by atoms with Gasteiger partial charge in [-0.15, -0.1) is 0 Å². The lowest BCUT2D eigenvalue weighted by Crippen LogP contribution is -2.42. The Balaban J connectivity index is 1.68. The molecule has 25 heavy (non-hydrogen) atoms. The third-order valence-electron chi connectivity index (χ3n) is 4.56. The van der Waals surface area contributed by atoms with E-state index in [0.29, 0.717) is 6.04 Å². The van der Waals surface area contributed by atoms with E-state index in [2.05, 4.69) is 46.0 Å². The Kier molecular flexibility index (Phi) is 7.53. The largest absolute Gasteiger partial charge is 0.370 e. The Morgan fingerprint density at radius 1 is 1.40 bits per heavy atom. The molecule has 0 radical (unpaired) electrons. The van der Waals surface area contributed by atoms with Crippen molar-refractivity contribution in [3.05, 3.63) is 18.2 Å². The second-order valence-corrected chi connectivity index (χ2v) is 8.06. The zero-order valence-electron chi connectivity index (χ0n) is 15.9. The van der Waals surface area contributed by atoms with Crippen molar-refractivity contribution in [2.45, 2.75) is 56.6 Å². The van der Waals surface area contributed by atoms with Crippen LogP contribution in [0, 0.1) is 5.41 Å². The van der Waals surface area contributed by atoms with Gasteiger partial charge in [0.1, 0.15) is 10.8 Å². The summed E-state index contributed by atoms with van der Waals surface area (Å²) >= 11 is 1.52. The van der Waals surface area contributed by atoms with E-state index in [1.54, 1.807) is 0 Å². The maximum atomic E-state index is 8.14. The highest BCUT2D eigenvalue weighted by Gasteiger charge is 2.38. The molecule has 7 heteroatoms. The first-order valence-corrected chi connectivity index (χ1v) is 9.91. The molecule has 1 atom stereocenters. The first-order valence-electron chi connectivity index (χ1n) is 9.09. The number of anilines is 1. The van der Waals surface area contributed by atoms with Gasteiger partial charge in [0.15, 0.2) is 0 Å².